The van der Waals surface area contributed by atoms with Gasteiger partial charge >= 0.3 is 11.9 Å². The zero-order chi connectivity index (χ0) is 18.1. The van der Waals surface area contributed by atoms with Crippen LogP contribution in [-0.2, 0) is 14.3 Å². The molecule has 2 aromatic heterocycles. The third kappa shape index (κ3) is 3.40. The second-order valence-electron chi connectivity index (χ2n) is 5.59. The number of ketones is 2. The number of ether oxygens (including phenoxy) is 1. The van der Waals surface area contributed by atoms with Crippen molar-refractivity contribution in [3.8, 4) is 0 Å². The number of hydrogen-bond donors (Lipinski definition) is 1. The zero-order valence-electron chi connectivity index (χ0n) is 13.2. The van der Waals surface area contributed by atoms with Gasteiger partial charge in [0.05, 0.1) is 9.75 Å². The Kier molecular flexibility index (Phi) is 4.82. The molecule has 1 unspecified atom stereocenters. The van der Waals surface area contributed by atoms with Gasteiger partial charge in [-0.25, -0.2) is 0 Å². The Morgan fingerprint density at radius 1 is 1.16 bits per heavy atom. The number of rotatable bonds is 6. The van der Waals surface area contributed by atoms with Crippen molar-refractivity contribution in [1.29, 1.82) is 0 Å². The van der Waals surface area contributed by atoms with Crippen LogP contribution in [0.25, 0.3) is 0 Å². The summed E-state index contributed by atoms with van der Waals surface area (Å²) in [6.45, 7) is 1.66. The monoisotopic (exact) mass is 378 g/mol. The van der Waals surface area contributed by atoms with Gasteiger partial charge in [-0.15, -0.1) is 22.7 Å². The fourth-order valence-corrected chi connectivity index (χ4v) is 4.49. The molecule has 0 aliphatic heterocycles. The lowest BCUT2D eigenvalue weighted by atomic mass is 9.96. The van der Waals surface area contributed by atoms with Crippen LogP contribution in [0.3, 0.4) is 0 Å². The average Bonchev–Trinajstić information content (AvgIpc) is 3.19. The van der Waals surface area contributed by atoms with Gasteiger partial charge in [0.2, 0.25) is 11.6 Å². The Hall–Kier alpha value is -2.32. The molecule has 6 nitrogen and oxygen atoms in total. The van der Waals surface area contributed by atoms with Crippen LogP contribution >= 0.6 is 22.7 Å². The van der Waals surface area contributed by atoms with E-state index in [0.717, 1.165) is 11.3 Å². The van der Waals surface area contributed by atoms with Gasteiger partial charge in [0.1, 0.15) is 6.10 Å². The number of carboxylic acid groups (broad SMARTS) is 1. The summed E-state index contributed by atoms with van der Waals surface area (Å²) < 4.78 is 5.28. The molecular weight excluding hydrogens is 364 g/mol. The molecule has 130 valence electrons. The highest BCUT2D eigenvalue weighted by atomic mass is 32.1. The molecule has 0 radical (unpaired) electrons. The number of carboxylic acids is 1. The van der Waals surface area contributed by atoms with Crippen molar-refractivity contribution in [3.63, 3.8) is 0 Å². The first-order valence-corrected chi connectivity index (χ1v) is 9.30. The quantitative estimate of drug-likeness (QED) is 0.660. The summed E-state index contributed by atoms with van der Waals surface area (Å²) in [4.78, 5) is 48.6. The van der Waals surface area contributed by atoms with Gasteiger partial charge in [-0.05, 0) is 30.9 Å². The van der Waals surface area contributed by atoms with Gasteiger partial charge in [-0.3, -0.25) is 19.2 Å². The van der Waals surface area contributed by atoms with Gasteiger partial charge in [0.25, 0.3) is 0 Å². The van der Waals surface area contributed by atoms with Crippen molar-refractivity contribution in [2.45, 2.75) is 32.3 Å². The van der Waals surface area contributed by atoms with Gasteiger partial charge in [-0.1, -0.05) is 0 Å². The second kappa shape index (κ2) is 6.89. The van der Waals surface area contributed by atoms with Crippen LogP contribution in [0.5, 0.6) is 0 Å². The molecule has 8 heteroatoms. The molecule has 0 spiro atoms. The van der Waals surface area contributed by atoms with Crippen molar-refractivity contribution in [3.05, 3.63) is 43.3 Å². The van der Waals surface area contributed by atoms with E-state index < -0.39 is 18.0 Å². The van der Waals surface area contributed by atoms with E-state index in [2.05, 4.69) is 0 Å². The Morgan fingerprint density at radius 3 is 2.60 bits per heavy atom. The van der Waals surface area contributed by atoms with E-state index in [1.165, 1.54) is 11.3 Å². The predicted octanol–water partition coefficient (Wildman–Crippen LogP) is 3.44. The van der Waals surface area contributed by atoms with Crippen molar-refractivity contribution in [1.82, 2.24) is 0 Å². The summed E-state index contributed by atoms with van der Waals surface area (Å²) in [7, 11) is 0. The van der Waals surface area contributed by atoms with Crippen LogP contribution in [0.1, 0.15) is 67.6 Å². The summed E-state index contributed by atoms with van der Waals surface area (Å²) in [6, 6.07) is 3.26. The molecule has 25 heavy (non-hydrogen) atoms. The molecule has 2 aromatic rings. The van der Waals surface area contributed by atoms with Crippen molar-refractivity contribution in [2.24, 2.45) is 0 Å². The van der Waals surface area contributed by atoms with Gasteiger partial charge in [0, 0.05) is 28.8 Å². The minimum absolute atomic E-state index is 0.0108. The smallest absolute Gasteiger partial charge is 0.306 e. The van der Waals surface area contributed by atoms with E-state index in [4.69, 9.17) is 9.84 Å². The molecular formula is C17H14O6S2. The molecule has 3 rings (SSSR count). The topological polar surface area (TPSA) is 97.7 Å². The molecule has 0 amide bonds. The third-order valence-electron chi connectivity index (χ3n) is 3.80. The molecule has 0 saturated carbocycles. The van der Waals surface area contributed by atoms with Crippen LogP contribution in [-0.4, -0.2) is 28.6 Å². The van der Waals surface area contributed by atoms with Gasteiger partial charge < -0.3 is 9.84 Å². The summed E-state index contributed by atoms with van der Waals surface area (Å²) in [5, 5.41) is 10.3. The first kappa shape index (κ1) is 17.5. The molecule has 1 N–H and O–H groups in total. The molecule has 1 aliphatic carbocycles. The highest BCUT2D eigenvalue weighted by Crippen LogP contribution is 2.38. The van der Waals surface area contributed by atoms with Gasteiger partial charge in [0.15, 0.2) is 0 Å². The Morgan fingerprint density at radius 2 is 1.88 bits per heavy atom. The van der Waals surface area contributed by atoms with Crippen LogP contribution in [0.2, 0.25) is 0 Å². The number of hydrogen-bond acceptors (Lipinski definition) is 7. The van der Waals surface area contributed by atoms with E-state index in [1.807, 2.05) is 0 Å². The van der Waals surface area contributed by atoms with Crippen LogP contribution < -0.4 is 0 Å². The van der Waals surface area contributed by atoms with Crippen LogP contribution in [0, 0.1) is 0 Å². The van der Waals surface area contributed by atoms with Crippen molar-refractivity contribution < 1.29 is 29.0 Å². The lowest BCUT2D eigenvalue weighted by Gasteiger charge is -2.11. The minimum Gasteiger partial charge on any atom is -0.481 e. The normalized spacial score (nSPS) is 14.0. The Bertz CT molecular complexity index is 828. The molecule has 1 atom stereocenters. The lowest BCUT2D eigenvalue weighted by Crippen LogP contribution is -2.15. The highest BCUT2D eigenvalue weighted by Gasteiger charge is 2.34. The SMILES string of the molecule is CC(OC(=O)CCCC(=O)O)c1cc2c(s1)C(=O)c1ccsc1C2=O. The third-order valence-corrected chi connectivity index (χ3v) is 6.01. The highest BCUT2D eigenvalue weighted by molar-refractivity contribution is 7.16. The summed E-state index contributed by atoms with van der Waals surface area (Å²) >= 11 is 2.40. The predicted molar refractivity (Wildman–Crippen MR) is 91.5 cm³/mol. The van der Waals surface area contributed by atoms with Crippen LogP contribution in [0.15, 0.2) is 17.5 Å². The summed E-state index contributed by atoms with van der Waals surface area (Å²) in [6.07, 6.45) is -0.482. The first-order chi connectivity index (χ1) is 11.9. The Balaban J connectivity index is 1.72. The van der Waals surface area contributed by atoms with E-state index in [-0.39, 0.29) is 30.8 Å². The standard InChI is InChI=1S/C17H14O6S2/c1-8(23-13(20)4-2-3-12(18)19)11-7-10-15(22)16-9(5-6-24-16)14(21)17(10)25-11/h5-8H,2-4H2,1H3,(H,18,19). The summed E-state index contributed by atoms with van der Waals surface area (Å²) in [5.74, 6) is -1.82. The van der Waals surface area contributed by atoms with E-state index in [0.29, 0.717) is 25.8 Å². The summed E-state index contributed by atoms with van der Waals surface area (Å²) in [5.41, 5.74) is 0.781. The molecule has 0 fully saturated rings. The number of carbonyl (C=O) groups excluding carboxylic acids is 3. The van der Waals surface area contributed by atoms with Crippen molar-refractivity contribution >= 4 is 46.2 Å². The van der Waals surface area contributed by atoms with Crippen LogP contribution in [0.4, 0.5) is 0 Å². The largest absolute Gasteiger partial charge is 0.481 e. The first-order valence-electron chi connectivity index (χ1n) is 7.60. The van der Waals surface area contributed by atoms with Gasteiger partial charge in [-0.2, -0.15) is 0 Å². The maximum Gasteiger partial charge on any atom is 0.306 e. The van der Waals surface area contributed by atoms with E-state index in [9.17, 15) is 19.2 Å². The fourth-order valence-electron chi connectivity index (χ4n) is 2.55. The molecule has 0 saturated heterocycles. The fraction of sp³-hybridized carbons (Fsp3) is 0.294. The molecule has 2 heterocycles. The number of fused-ring (bicyclic) bond motifs is 2. The maximum atomic E-state index is 12.5. The molecule has 1 aliphatic rings. The van der Waals surface area contributed by atoms with Crippen molar-refractivity contribution in [2.75, 3.05) is 0 Å². The lowest BCUT2D eigenvalue weighted by molar-refractivity contribution is -0.148. The number of thiophene rings is 2. The minimum atomic E-state index is -0.962. The van der Waals surface area contributed by atoms with E-state index >= 15 is 0 Å². The number of aliphatic carboxylic acids is 1. The zero-order valence-corrected chi connectivity index (χ0v) is 14.9. The maximum absolute atomic E-state index is 12.5. The average molecular weight is 378 g/mol. The second-order valence-corrected chi connectivity index (χ2v) is 7.59. The molecule has 0 bridgehead atoms. The number of carbonyl (C=O) groups is 4. The van der Waals surface area contributed by atoms with E-state index in [1.54, 1.807) is 24.4 Å². The number of esters is 1. The molecule has 0 aromatic carbocycles. The Labute approximate surface area is 151 Å².